The molecule has 1 saturated heterocycles. The van der Waals surface area contributed by atoms with Crippen LogP contribution in [0.4, 0.5) is 5.95 Å². The molecule has 2 aromatic rings. The van der Waals surface area contributed by atoms with Gasteiger partial charge in [-0.3, -0.25) is 0 Å². The number of tetrazole rings is 1. The van der Waals surface area contributed by atoms with Gasteiger partial charge in [-0.15, -0.1) is 5.10 Å². The first-order chi connectivity index (χ1) is 16.1. The van der Waals surface area contributed by atoms with Crippen LogP contribution < -0.4 is 9.64 Å². The minimum atomic E-state index is 0.765. The molecular formula is C25H41N7O. The lowest BCUT2D eigenvalue weighted by molar-refractivity contribution is 0.275. The number of aromatic nitrogens is 4. The van der Waals surface area contributed by atoms with Crippen LogP contribution in [-0.2, 0) is 19.5 Å². The Morgan fingerprint density at radius 3 is 2.70 bits per heavy atom. The average molecular weight is 456 g/mol. The van der Waals surface area contributed by atoms with Crippen LogP contribution in [0.15, 0.2) is 18.2 Å². The molecule has 0 radical (unpaired) electrons. The first-order valence-corrected chi connectivity index (χ1v) is 12.8. The molecule has 1 fully saturated rings. The maximum absolute atomic E-state index is 6.08. The van der Waals surface area contributed by atoms with Crippen molar-refractivity contribution in [2.45, 2.75) is 59.0 Å². The normalized spacial score (nSPS) is 17.5. The summed E-state index contributed by atoms with van der Waals surface area (Å²) in [6.07, 6.45) is 5.86. The van der Waals surface area contributed by atoms with Gasteiger partial charge in [-0.25, -0.2) is 0 Å². The van der Waals surface area contributed by atoms with E-state index in [-0.39, 0.29) is 0 Å². The fraction of sp³-hybridized carbons (Fsp3) is 0.720. The zero-order valence-electron chi connectivity index (χ0n) is 20.7. The molecule has 1 aromatic carbocycles. The number of anilines is 1. The molecule has 0 bridgehead atoms. The van der Waals surface area contributed by atoms with Gasteiger partial charge in [-0.1, -0.05) is 25.0 Å². The largest absolute Gasteiger partial charge is 0.494 e. The second kappa shape index (κ2) is 11.8. The molecule has 1 aromatic heterocycles. The van der Waals surface area contributed by atoms with Crippen molar-refractivity contribution in [1.82, 2.24) is 30.0 Å². The zero-order chi connectivity index (χ0) is 23.0. The first kappa shape index (κ1) is 24.0. The molecule has 0 amide bonds. The van der Waals surface area contributed by atoms with Crippen molar-refractivity contribution in [3.8, 4) is 5.75 Å². The van der Waals surface area contributed by atoms with E-state index in [1.54, 1.807) is 4.80 Å². The minimum Gasteiger partial charge on any atom is -0.494 e. The topological polar surface area (TPSA) is 62.6 Å². The highest BCUT2D eigenvalue weighted by atomic mass is 16.5. The van der Waals surface area contributed by atoms with Crippen LogP contribution in [-0.4, -0.2) is 82.9 Å². The number of likely N-dealkylation sites (N-methyl/N-ethyl adjacent to an activating group) is 2. The van der Waals surface area contributed by atoms with Gasteiger partial charge < -0.3 is 19.4 Å². The summed E-state index contributed by atoms with van der Waals surface area (Å²) in [4.78, 5) is 8.79. The van der Waals surface area contributed by atoms with E-state index in [1.807, 2.05) is 0 Å². The van der Waals surface area contributed by atoms with Gasteiger partial charge >= 0.3 is 0 Å². The molecule has 0 spiro atoms. The highest BCUT2D eigenvalue weighted by molar-refractivity contribution is 5.37. The maximum atomic E-state index is 6.08. The third-order valence-electron chi connectivity index (χ3n) is 7.26. The standard InChI is InChI=1S/C25H41N7O/c1-4-30(5-2)16-17-32-27-25(26-28-32)31-14-10-21(11-15-31)7-6-18-33-24-9-8-23-20-29(3)13-12-22(23)19-24/h8-9,19,21H,4-7,10-18,20H2,1-3H3. The SMILES string of the molecule is CCN(CC)CCn1nnc(N2CCC(CCCOc3ccc4c(c3)CCN(C)C4)CC2)n1. The zero-order valence-corrected chi connectivity index (χ0v) is 20.7. The molecule has 0 atom stereocenters. The number of rotatable bonds is 11. The van der Waals surface area contributed by atoms with Gasteiger partial charge in [-0.05, 0) is 86.6 Å². The highest BCUT2D eigenvalue weighted by Crippen LogP contribution is 2.25. The van der Waals surface area contributed by atoms with Crippen molar-refractivity contribution in [1.29, 1.82) is 0 Å². The fourth-order valence-corrected chi connectivity index (χ4v) is 4.97. The van der Waals surface area contributed by atoms with E-state index >= 15 is 0 Å². The maximum Gasteiger partial charge on any atom is 0.266 e. The molecule has 33 heavy (non-hydrogen) atoms. The Bertz CT molecular complexity index is 858. The van der Waals surface area contributed by atoms with Gasteiger partial charge in [-0.2, -0.15) is 4.80 Å². The molecule has 4 rings (SSSR count). The molecule has 3 heterocycles. The van der Waals surface area contributed by atoms with Crippen molar-refractivity contribution in [3.05, 3.63) is 29.3 Å². The lowest BCUT2D eigenvalue weighted by atomic mass is 9.92. The smallest absolute Gasteiger partial charge is 0.266 e. The van der Waals surface area contributed by atoms with E-state index in [4.69, 9.17) is 4.74 Å². The summed E-state index contributed by atoms with van der Waals surface area (Å²) < 4.78 is 6.08. The second-order valence-corrected chi connectivity index (χ2v) is 9.55. The van der Waals surface area contributed by atoms with Crippen LogP contribution in [0.1, 0.15) is 50.7 Å². The third kappa shape index (κ3) is 6.67. The predicted octanol–water partition coefficient (Wildman–Crippen LogP) is 3.08. The van der Waals surface area contributed by atoms with Crippen molar-refractivity contribution in [3.63, 3.8) is 0 Å². The first-order valence-electron chi connectivity index (χ1n) is 12.8. The van der Waals surface area contributed by atoms with Gasteiger partial charge in [0.25, 0.3) is 5.95 Å². The van der Waals surface area contributed by atoms with E-state index in [1.165, 1.54) is 30.4 Å². The molecule has 2 aliphatic heterocycles. The molecule has 0 aliphatic carbocycles. The van der Waals surface area contributed by atoms with Crippen molar-refractivity contribution < 1.29 is 4.74 Å². The number of nitrogens with zero attached hydrogens (tertiary/aromatic N) is 7. The molecule has 8 nitrogen and oxygen atoms in total. The summed E-state index contributed by atoms with van der Waals surface area (Å²) in [6.45, 7) is 13.3. The minimum absolute atomic E-state index is 0.765. The Labute approximate surface area is 198 Å². The second-order valence-electron chi connectivity index (χ2n) is 9.55. The van der Waals surface area contributed by atoms with E-state index in [0.717, 1.165) is 89.4 Å². The number of hydrogen-bond donors (Lipinski definition) is 0. The Morgan fingerprint density at radius 2 is 1.91 bits per heavy atom. The Balaban J connectivity index is 1.13. The van der Waals surface area contributed by atoms with Gasteiger partial charge in [0.05, 0.1) is 13.2 Å². The molecule has 0 saturated carbocycles. The summed E-state index contributed by atoms with van der Waals surface area (Å²) in [6, 6.07) is 6.63. The van der Waals surface area contributed by atoms with Crippen LogP contribution in [0.2, 0.25) is 0 Å². The Hall–Kier alpha value is -2.19. The average Bonchev–Trinajstić information content (AvgIpc) is 3.32. The monoisotopic (exact) mass is 455 g/mol. The van der Waals surface area contributed by atoms with E-state index in [0.29, 0.717) is 0 Å². The van der Waals surface area contributed by atoms with Crippen LogP contribution in [0.25, 0.3) is 0 Å². The molecule has 0 N–H and O–H groups in total. The van der Waals surface area contributed by atoms with E-state index < -0.39 is 0 Å². The van der Waals surface area contributed by atoms with Crippen LogP contribution in [0.5, 0.6) is 5.75 Å². The number of ether oxygens (including phenoxy) is 1. The van der Waals surface area contributed by atoms with E-state index in [9.17, 15) is 0 Å². The lowest BCUT2D eigenvalue weighted by Gasteiger charge is -2.30. The number of hydrogen-bond acceptors (Lipinski definition) is 7. The number of benzene rings is 1. The molecule has 2 aliphatic rings. The predicted molar refractivity (Wildman–Crippen MR) is 132 cm³/mol. The molecule has 8 heteroatoms. The highest BCUT2D eigenvalue weighted by Gasteiger charge is 2.22. The van der Waals surface area contributed by atoms with E-state index in [2.05, 4.69) is 69.2 Å². The molecule has 0 unspecified atom stereocenters. The summed E-state index contributed by atoms with van der Waals surface area (Å²) in [5.41, 5.74) is 2.90. The quantitative estimate of drug-likeness (QED) is 0.483. The van der Waals surface area contributed by atoms with Crippen molar-refractivity contribution in [2.24, 2.45) is 5.92 Å². The third-order valence-corrected chi connectivity index (χ3v) is 7.26. The van der Waals surface area contributed by atoms with Gasteiger partial charge in [0.15, 0.2) is 0 Å². The van der Waals surface area contributed by atoms with Crippen LogP contribution in [0, 0.1) is 5.92 Å². The van der Waals surface area contributed by atoms with Gasteiger partial charge in [0.2, 0.25) is 0 Å². The summed E-state index contributed by atoms with van der Waals surface area (Å²) in [5.74, 6) is 2.58. The number of fused-ring (bicyclic) bond motifs is 1. The molecule has 182 valence electrons. The molecular weight excluding hydrogens is 414 g/mol. The van der Waals surface area contributed by atoms with Crippen LogP contribution >= 0.6 is 0 Å². The lowest BCUT2D eigenvalue weighted by Crippen LogP contribution is -2.34. The summed E-state index contributed by atoms with van der Waals surface area (Å²) in [7, 11) is 2.19. The van der Waals surface area contributed by atoms with Crippen LogP contribution in [0.3, 0.4) is 0 Å². The number of piperidine rings is 1. The van der Waals surface area contributed by atoms with Gasteiger partial charge in [0, 0.05) is 32.7 Å². The Morgan fingerprint density at radius 1 is 1.09 bits per heavy atom. The fourth-order valence-electron chi connectivity index (χ4n) is 4.97. The summed E-state index contributed by atoms with van der Waals surface area (Å²) >= 11 is 0. The van der Waals surface area contributed by atoms with Crippen molar-refractivity contribution >= 4 is 5.95 Å². The van der Waals surface area contributed by atoms with Crippen molar-refractivity contribution in [2.75, 3.05) is 57.8 Å². The Kier molecular flexibility index (Phi) is 8.56. The van der Waals surface area contributed by atoms with Gasteiger partial charge in [0.1, 0.15) is 5.75 Å². The summed E-state index contributed by atoms with van der Waals surface area (Å²) in [5, 5.41) is 13.2.